The average molecular weight is 370 g/mol. The van der Waals surface area contributed by atoms with E-state index in [1.54, 1.807) is 35.2 Å². The van der Waals surface area contributed by atoms with Gasteiger partial charge in [0.15, 0.2) is 0 Å². The molecule has 2 aromatic carbocycles. The zero-order valence-electron chi connectivity index (χ0n) is 14.6. The Bertz CT molecular complexity index is 876. The quantitative estimate of drug-likeness (QED) is 0.894. The van der Waals surface area contributed by atoms with E-state index in [0.29, 0.717) is 31.7 Å². The zero-order chi connectivity index (χ0) is 19.4. The van der Waals surface area contributed by atoms with Crippen LogP contribution in [0.1, 0.15) is 26.3 Å². The van der Waals surface area contributed by atoms with Gasteiger partial charge in [-0.3, -0.25) is 9.59 Å². The summed E-state index contributed by atoms with van der Waals surface area (Å²) in [5.41, 5.74) is 0.438. The molecule has 6 nitrogen and oxygen atoms in total. The van der Waals surface area contributed by atoms with E-state index in [0.717, 1.165) is 0 Å². The summed E-state index contributed by atoms with van der Waals surface area (Å²) >= 11 is 0. The minimum absolute atomic E-state index is 0.0253. The third-order valence-corrected chi connectivity index (χ3v) is 4.61. The second-order valence-electron chi connectivity index (χ2n) is 6.29. The predicted octanol–water partition coefficient (Wildman–Crippen LogP) is 2.05. The Morgan fingerprint density at radius 2 is 1.41 bits per heavy atom. The zero-order valence-corrected chi connectivity index (χ0v) is 14.6. The molecule has 2 amide bonds. The lowest BCUT2D eigenvalue weighted by Crippen LogP contribution is -2.51. The van der Waals surface area contributed by atoms with Gasteiger partial charge in [-0.15, -0.1) is 0 Å². The van der Waals surface area contributed by atoms with Crippen molar-refractivity contribution in [2.24, 2.45) is 0 Å². The van der Waals surface area contributed by atoms with Gasteiger partial charge in [-0.2, -0.15) is 0 Å². The van der Waals surface area contributed by atoms with E-state index in [2.05, 4.69) is 0 Å². The highest BCUT2D eigenvalue weighted by atomic mass is 19.1. The average Bonchev–Trinajstić information content (AvgIpc) is 2.69. The fourth-order valence-corrected chi connectivity index (χ4v) is 3.10. The van der Waals surface area contributed by atoms with Crippen molar-refractivity contribution < 1.29 is 23.9 Å². The van der Waals surface area contributed by atoms with Crippen LogP contribution >= 0.6 is 0 Å². The molecule has 7 heteroatoms. The number of amides is 2. The van der Waals surface area contributed by atoms with E-state index < -0.39 is 11.8 Å². The summed E-state index contributed by atoms with van der Waals surface area (Å²) in [6, 6.07) is 12.2. The summed E-state index contributed by atoms with van der Waals surface area (Å²) in [5.74, 6) is -2.13. The van der Waals surface area contributed by atoms with Gasteiger partial charge in [0.1, 0.15) is 5.82 Å². The molecule has 3 rings (SSSR count). The Labute approximate surface area is 155 Å². The molecule has 27 heavy (non-hydrogen) atoms. The SMILES string of the molecule is O=C(O)c1ccccc1C(=O)N1CCN(C(=O)Cc2ccccc2F)CC1. The maximum absolute atomic E-state index is 13.7. The number of carboxylic acid groups (broad SMARTS) is 1. The summed E-state index contributed by atoms with van der Waals surface area (Å²) in [5, 5.41) is 9.24. The fourth-order valence-electron chi connectivity index (χ4n) is 3.10. The van der Waals surface area contributed by atoms with Crippen LogP contribution in [-0.4, -0.2) is 58.9 Å². The predicted molar refractivity (Wildman–Crippen MR) is 96.0 cm³/mol. The van der Waals surface area contributed by atoms with Crippen molar-refractivity contribution in [3.8, 4) is 0 Å². The Morgan fingerprint density at radius 1 is 0.852 bits per heavy atom. The molecule has 1 heterocycles. The molecule has 140 valence electrons. The lowest BCUT2D eigenvalue weighted by molar-refractivity contribution is -0.132. The number of rotatable bonds is 4. The van der Waals surface area contributed by atoms with Gasteiger partial charge in [0.05, 0.1) is 17.5 Å². The molecular weight excluding hydrogens is 351 g/mol. The number of aromatic carboxylic acids is 1. The Hall–Kier alpha value is -3.22. The minimum atomic E-state index is -1.15. The lowest BCUT2D eigenvalue weighted by Gasteiger charge is -2.35. The number of carbonyl (C=O) groups is 3. The number of benzene rings is 2. The van der Waals surface area contributed by atoms with Crippen LogP contribution in [0, 0.1) is 5.82 Å². The minimum Gasteiger partial charge on any atom is -0.478 e. The van der Waals surface area contributed by atoms with Gasteiger partial charge in [-0.1, -0.05) is 30.3 Å². The van der Waals surface area contributed by atoms with Crippen LogP contribution in [-0.2, 0) is 11.2 Å². The van der Waals surface area contributed by atoms with Gasteiger partial charge < -0.3 is 14.9 Å². The largest absolute Gasteiger partial charge is 0.478 e. The maximum atomic E-state index is 13.7. The topological polar surface area (TPSA) is 77.9 Å². The van der Waals surface area contributed by atoms with Crippen molar-refractivity contribution >= 4 is 17.8 Å². The van der Waals surface area contributed by atoms with Crippen LogP contribution in [0.3, 0.4) is 0 Å². The highest BCUT2D eigenvalue weighted by Crippen LogP contribution is 2.15. The van der Waals surface area contributed by atoms with E-state index in [-0.39, 0.29) is 29.4 Å². The molecule has 1 aliphatic rings. The van der Waals surface area contributed by atoms with Crippen LogP contribution in [0.5, 0.6) is 0 Å². The second kappa shape index (κ2) is 7.99. The first-order valence-electron chi connectivity index (χ1n) is 8.60. The summed E-state index contributed by atoms with van der Waals surface area (Å²) in [4.78, 5) is 39.5. The molecule has 1 aliphatic heterocycles. The Morgan fingerprint density at radius 3 is 2.04 bits per heavy atom. The van der Waals surface area contributed by atoms with E-state index in [4.69, 9.17) is 0 Å². The van der Waals surface area contributed by atoms with Crippen molar-refractivity contribution in [1.29, 1.82) is 0 Å². The molecule has 1 fully saturated rings. The summed E-state index contributed by atoms with van der Waals surface area (Å²) in [7, 11) is 0. The number of halogens is 1. The number of nitrogens with zero attached hydrogens (tertiary/aromatic N) is 2. The molecule has 0 bridgehead atoms. The maximum Gasteiger partial charge on any atom is 0.336 e. The van der Waals surface area contributed by atoms with Crippen molar-refractivity contribution in [3.63, 3.8) is 0 Å². The third-order valence-electron chi connectivity index (χ3n) is 4.61. The lowest BCUT2D eigenvalue weighted by atomic mass is 10.1. The molecule has 2 aromatic rings. The number of carboxylic acids is 1. The van der Waals surface area contributed by atoms with Crippen LogP contribution in [0.15, 0.2) is 48.5 Å². The highest BCUT2D eigenvalue weighted by molar-refractivity contribution is 6.04. The van der Waals surface area contributed by atoms with Gasteiger partial charge in [0, 0.05) is 26.2 Å². The van der Waals surface area contributed by atoms with E-state index >= 15 is 0 Å². The monoisotopic (exact) mass is 370 g/mol. The first-order valence-corrected chi connectivity index (χ1v) is 8.60. The number of piperazine rings is 1. The molecule has 0 radical (unpaired) electrons. The molecule has 0 aromatic heterocycles. The first-order chi connectivity index (χ1) is 13.0. The second-order valence-corrected chi connectivity index (χ2v) is 6.29. The van der Waals surface area contributed by atoms with Gasteiger partial charge in [-0.25, -0.2) is 9.18 Å². The smallest absolute Gasteiger partial charge is 0.336 e. The Kier molecular flexibility index (Phi) is 5.49. The number of carbonyl (C=O) groups excluding carboxylic acids is 2. The van der Waals surface area contributed by atoms with E-state index in [1.807, 2.05) is 0 Å². The van der Waals surface area contributed by atoms with Gasteiger partial charge >= 0.3 is 5.97 Å². The number of hydrogen-bond acceptors (Lipinski definition) is 3. The van der Waals surface area contributed by atoms with Crippen LogP contribution in [0.4, 0.5) is 4.39 Å². The molecule has 0 spiro atoms. The van der Waals surface area contributed by atoms with Gasteiger partial charge in [-0.05, 0) is 23.8 Å². The summed E-state index contributed by atoms with van der Waals surface area (Å²) < 4.78 is 13.7. The van der Waals surface area contributed by atoms with Crippen molar-refractivity contribution in [3.05, 3.63) is 71.0 Å². The van der Waals surface area contributed by atoms with Crippen molar-refractivity contribution in [1.82, 2.24) is 9.80 Å². The molecule has 0 atom stereocenters. The van der Waals surface area contributed by atoms with E-state index in [9.17, 15) is 23.9 Å². The molecule has 0 aliphatic carbocycles. The molecule has 1 saturated heterocycles. The molecular formula is C20H19FN2O4. The third kappa shape index (κ3) is 4.13. The normalized spacial score (nSPS) is 14.1. The molecule has 0 unspecified atom stereocenters. The molecule has 1 N–H and O–H groups in total. The summed E-state index contributed by atoms with van der Waals surface area (Å²) in [6.45, 7) is 1.26. The standard InChI is InChI=1S/C20H19FN2O4/c21-17-8-4-1-5-14(17)13-18(24)22-9-11-23(12-10-22)19(25)15-6-2-3-7-16(15)20(26)27/h1-8H,9-13H2,(H,26,27). The van der Waals surface area contributed by atoms with E-state index in [1.165, 1.54) is 23.1 Å². The highest BCUT2D eigenvalue weighted by Gasteiger charge is 2.27. The van der Waals surface area contributed by atoms with Crippen LogP contribution < -0.4 is 0 Å². The first kappa shape index (κ1) is 18.6. The number of hydrogen-bond donors (Lipinski definition) is 1. The van der Waals surface area contributed by atoms with Gasteiger partial charge in [0.2, 0.25) is 5.91 Å². The van der Waals surface area contributed by atoms with Gasteiger partial charge in [0.25, 0.3) is 5.91 Å². The fraction of sp³-hybridized carbons (Fsp3) is 0.250. The Balaban J connectivity index is 1.62. The summed E-state index contributed by atoms with van der Waals surface area (Å²) in [6.07, 6.45) is -0.0253. The van der Waals surface area contributed by atoms with Crippen LogP contribution in [0.25, 0.3) is 0 Å². The molecule has 0 saturated carbocycles. The van der Waals surface area contributed by atoms with Crippen LogP contribution in [0.2, 0.25) is 0 Å². The van der Waals surface area contributed by atoms with Crippen molar-refractivity contribution in [2.45, 2.75) is 6.42 Å². The van der Waals surface area contributed by atoms with Crippen molar-refractivity contribution in [2.75, 3.05) is 26.2 Å².